The van der Waals surface area contributed by atoms with Crippen molar-refractivity contribution in [3.8, 4) is 0 Å². The molecule has 3 nitrogen and oxygen atoms in total. The van der Waals surface area contributed by atoms with E-state index in [-0.39, 0.29) is 0 Å². The number of fused-ring (bicyclic) bond motifs is 1. The number of likely N-dealkylation sites (tertiary alicyclic amines) is 1. The van der Waals surface area contributed by atoms with Crippen LogP contribution < -0.4 is 5.32 Å². The number of nitrogens with one attached hydrogen (secondary N) is 1. The van der Waals surface area contributed by atoms with Crippen LogP contribution in [0.1, 0.15) is 24.1 Å². The van der Waals surface area contributed by atoms with Crippen LogP contribution >= 0.6 is 0 Å². The molecule has 1 fully saturated rings. The molecule has 3 heteroatoms. The smallest absolute Gasteiger partial charge is 0.0708 e. The van der Waals surface area contributed by atoms with Crippen LogP contribution in [0.15, 0.2) is 30.3 Å². The minimum absolute atomic E-state index is 0.637. The van der Waals surface area contributed by atoms with E-state index in [1.807, 2.05) is 0 Å². The van der Waals surface area contributed by atoms with E-state index in [1.165, 1.54) is 30.3 Å². The highest BCUT2D eigenvalue weighted by Crippen LogP contribution is 2.21. The van der Waals surface area contributed by atoms with Crippen LogP contribution in [0.5, 0.6) is 0 Å². The molecule has 2 aromatic rings. The van der Waals surface area contributed by atoms with E-state index < -0.39 is 0 Å². The molecule has 1 aliphatic rings. The summed E-state index contributed by atoms with van der Waals surface area (Å²) in [6.07, 6.45) is 2.58. The van der Waals surface area contributed by atoms with Crippen molar-refractivity contribution in [2.24, 2.45) is 0 Å². The number of aryl methyl sites for hydroxylation is 1. The summed E-state index contributed by atoms with van der Waals surface area (Å²) in [6.45, 7) is 5.46. The molecule has 1 aliphatic heterocycles. The minimum Gasteiger partial charge on any atom is -0.316 e. The van der Waals surface area contributed by atoms with Gasteiger partial charge >= 0.3 is 0 Å². The first-order valence-electron chi connectivity index (χ1n) is 7.51. The fourth-order valence-electron chi connectivity index (χ4n) is 3.20. The Hall–Kier alpha value is -1.45. The molecule has 0 aliphatic carbocycles. The lowest BCUT2D eigenvalue weighted by Crippen LogP contribution is -2.43. The first kappa shape index (κ1) is 13.5. The number of aromatic nitrogens is 1. The van der Waals surface area contributed by atoms with Gasteiger partial charge in [0.2, 0.25) is 0 Å². The third-order valence-corrected chi connectivity index (χ3v) is 4.24. The highest BCUT2D eigenvalue weighted by Gasteiger charge is 2.19. The summed E-state index contributed by atoms with van der Waals surface area (Å²) in [5.41, 5.74) is 3.63. The van der Waals surface area contributed by atoms with Crippen molar-refractivity contribution in [1.29, 1.82) is 0 Å². The summed E-state index contributed by atoms with van der Waals surface area (Å²) < 4.78 is 0. The Kier molecular flexibility index (Phi) is 3.99. The van der Waals surface area contributed by atoms with Crippen LogP contribution in [-0.2, 0) is 6.54 Å². The molecule has 1 atom stereocenters. The van der Waals surface area contributed by atoms with Crippen molar-refractivity contribution in [2.75, 3.05) is 20.1 Å². The van der Waals surface area contributed by atoms with Crippen molar-refractivity contribution >= 4 is 10.9 Å². The molecule has 1 saturated heterocycles. The van der Waals surface area contributed by atoms with Crippen LogP contribution in [0.4, 0.5) is 0 Å². The molecule has 0 bridgehead atoms. The van der Waals surface area contributed by atoms with Gasteiger partial charge in [-0.3, -0.25) is 9.88 Å². The second-order valence-electron chi connectivity index (χ2n) is 5.80. The zero-order valence-corrected chi connectivity index (χ0v) is 12.4. The summed E-state index contributed by atoms with van der Waals surface area (Å²) in [5, 5.41) is 4.71. The first-order chi connectivity index (χ1) is 9.76. The van der Waals surface area contributed by atoms with E-state index in [0.29, 0.717) is 6.04 Å². The molecule has 3 rings (SSSR count). The van der Waals surface area contributed by atoms with Gasteiger partial charge in [-0.1, -0.05) is 18.2 Å². The number of hydrogen-bond donors (Lipinski definition) is 1. The van der Waals surface area contributed by atoms with Gasteiger partial charge in [-0.15, -0.1) is 0 Å². The maximum absolute atomic E-state index is 4.63. The van der Waals surface area contributed by atoms with Crippen molar-refractivity contribution in [3.05, 3.63) is 41.6 Å². The average molecular weight is 269 g/mol. The molecule has 0 amide bonds. The normalized spacial score (nSPS) is 20.4. The fraction of sp³-hybridized carbons (Fsp3) is 0.471. The number of hydrogen-bond acceptors (Lipinski definition) is 3. The van der Waals surface area contributed by atoms with Gasteiger partial charge in [0, 0.05) is 30.2 Å². The third-order valence-electron chi connectivity index (χ3n) is 4.24. The van der Waals surface area contributed by atoms with Crippen LogP contribution in [-0.4, -0.2) is 36.1 Å². The predicted octanol–water partition coefficient (Wildman–Crippen LogP) is 2.73. The van der Waals surface area contributed by atoms with Gasteiger partial charge in [-0.25, -0.2) is 0 Å². The molecule has 0 spiro atoms. The SMILES string of the molecule is CNC1CCCN(Cc2cc(C)nc3ccccc23)C1. The summed E-state index contributed by atoms with van der Waals surface area (Å²) >= 11 is 0. The average Bonchev–Trinajstić information content (AvgIpc) is 2.47. The molecule has 106 valence electrons. The summed E-state index contributed by atoms with van der Waals surface area (Å²) in [5.74, 6) is 0. The molecule has 20 heavy (non-hydrogen) atoms. The predicted molar refractivity (Wildman–Crippen MR) is 83.8 cm³/mol. The number of para-hydroxylation sites is 1. The lowest BCUT2D eigenvalue weighted by Gasteiger charge is -2.32. The number of rotatable bonds is 3. The zero-order chi connectivity index (χ0) is 13.9. The van der Waals surface area contributed by atoms with E-state index in [1.54, 1.807) is 0 Å². The standard InChI is InChI=1S/C17H23N3/c1-13-10-14(16-7-3-4-8-17(16)19-13)11-20-9-5-6-15(12-20)18-2/h3-4,7-8,10,15,18H,5-6,9,11-12H2,1-2H3. The first-order valence-corrected chi connectivity index (χ1v) is 7.51. The number of pyridine rings is 1. The second-order valence-corrected chi connectivity index (χ2v) is 5.80. The lowest BCUT2D eigenvalue weighted by molar-refractivity contribution is 0.188. The molecular formula is C17H23N3. The van der Waals surface area contributed by atoms with E-state index in [0.717, 1.165) is 24.3 Å². The molecule has 1 aromatic heterocycles. The number of benzene rings is 1. The van der Waals surface area contributed by atoms with Crippen LogP contribution in [0.2, 0.25) is 0 Å². The molecule has 1 unspecified atom stereocenters. The maximum Gasteiger partial charge on any atom is 0.0708 e. The Morgan fingerprint density at radius 1 is 1.35 bits per heavy atom. The van der Waals surface area contributed by atoms with Gasteiger partial charge < -0.3 is 5.32 Å². The molecular weight excluding hydrogens is 246 g/mol. The highest BCUT2D eigenvalue weighted by molar-refractivity contribution is 5.82. The summed E-state index contributed by atoms with van der Waals surface area (Å²) in [4.78, 5) is 7.19. The monoisotopic (exact) mass is 269 g/mol. The zero-order valence-electron chi connectivity index (χ0n) is 12.4. The molecule has 1 N–H and O–H groups in total. The van der Waals surface area contributed by atoms with Crippen molar-refractivity contribution in [2.45, 2.75) is 32.4 Å². The largest absolute Gasteiger partial charge is 0.316 e. The van der Waals surface area contributed by atoms with Crippen molar-refractivity contribution < 1.29 is 0 Å². The van der Waals surface area contributed by atoms with Gasteiger partial charge in [0.15, 0.2) is 0 Å². The fourth-order valence-corrected chi connectivity index (χ4v) is 3.20. The Labute approximate surface area is 121 Å². The van der Waals surface area contributed by atoms with E-state index in [2.05, 4.69) is 59.5 Å². The molecule has 1 aromatic carbocycles. The molecule has 2 heterocycles. The Morgan fingerprint density at radius 3 is 3.05 bits per heavy atom. The Bertz CT molecular complexity index is 594. The van der Waals surface area contributed by atoms with Crippen LogP contribution in [0.25, 0.3) is 10.9 Å². The second kappa shape index (κ2) is 5.90. The van der Waals surface area contributed by atoms with E-state index >= 15 is 0 Å². The number of nitrogens with zero attached hydrogens (tertiary/aromatic N) is 2. The maximum atomic E-state index is 4.63. The van der Waals surface area contributed by atoms with Crippen LogP contribution in [0, 0.1) is 6.92 Å². The Balaban J connectivity index is 1.86. The van der Waals surface area contributed by atoms with Crippen molar-refractivity contribution in [1.82, 2.24) is 15.2 Å². The van der Waals surface area contributed by atoms with E-state index in [9.17, 15) is 0 Å². The van der Waals surface area contributed by atoms with E-state index in [4.69, 9.17) is 0 Å². The van der Waals surface area contributed by atoms with Gasteiger partial charge in [0.1, 0.15) is 0 Å². The minimum atomic E-state index is 0.637. The Morgan fingerprint density at radius 2 is 2.20 bits per heavy atom. The number of piperidine rings is 1. The number of likely N-dealkylation sites (N-methyl/N-ethyl adjacent to an activating group) is 1. The molecule has 0 radical (unpaired) electrons. The van der Waals surface area contributed by atoms with Crippen LogP contribution in [0.3, 0.4) is 0 Å². The van der Waals surface area contributed by atoms with Gasteiger partial charge in [-0.05, 0) is 51.1 Å². The highest BCUT2D eigenvalue weighted by atomic mass is 15.2. The quantitative estimate of drug-likeness (QED) is 0.928. The van der Waals surface area contributed by atoms with Gasteiger partial charge in [-0.2, -0.15) is 0 Å². The third kappa shape index (κ3) is 2.84. The topological polar surface area (TPSA) is 28.2 Å². The van der Waals surface area contributed by atoms with Crippen molar-refractivity contribution in [3.63, 3.8) is 0 Å². The molecule has 0 saturated carbocycles. The lowest BCUT2D eigenvalue weighted by atomic mass is 10.0. The van der Waals surface area contributed by atoms with Gasteiger partial charge in [0.05, 0.1) is 5.52 Å². The van der Waals surface area contributed by atoms with Gasteiger partial charge in [0.25, 0.3) is 0 Å². The summed E-state index contributed by atoms with van der Waals surface area (Å²) in [7, 11) is 2.07. The summed E-state index contributed by atoms with van der Waals surface area (Å²) in [6, 6.07) is 11.4.